The molecule has 0 aliphatic heterocycles. The highest BCUT2D eigenvalue weighted by atomic mass is 14.8. The Morgan fingerprint density at radius 2 is 0.526 bits per heavy atom. The molecule has 2 aromatic rings. The first-order chi connectivity index (χ1) is 37.5. The van der Waals surface area contributed by atoms with Crippen molar-refractivity contribution in [2.24, 2.45) is 0 Å². The molecule has 0 aromatic heterocycles. The molecular weight excluding hydrogens is 917 g/mol. The van der Waals surface area contributed by atoms with Crippen LogP contribution in [-0.4, -0.2) is 10.7 Å². The monoisotopic (exact) mass is 1050 g/mol. The smallest absolute Gasteiger partial charge is 0.303 e. The number of hydrogen-bond acceptors (Lipinski definition) is 0. The standard InChI is InChI=1S/C74H128N2/c1-7-13-18-23-26-28-30-32-34-36-38-40-42-44-46-51-56-68-60-69(57-52-47-45-43-41-39-37-35-33-31-29-27-24-19-14-8-2)64-72(63-68)74(73(70(12-6)65-76-75)58-53-48-25-20-15-9-3)71-61-66(54-49-21-16-10-4)59-67(62-71)55-50-22-17-11-5/h59-64H,7-58H2,1-6H3. The van der Waals surface area contributed by atoms with Crippen molar-refractivity contribution in [3.63, 3.8) is 0 Å². The molecule has 2 nitrogen and oxygen atoms in total. The van der Waals surface area contributed by atoms with Crippen LogP contribution in [0, 0.1) is 0 Å². The molecule has 0 aliphatic rings. The van der Waals surface area contributed by atoms with E-state index in [0.29, 0.717) is 0 Å². The maximum Gasteiger partial charge on any atom is 0.303 e. The van der Waals surface area contributed by atoms with E-state index in [1.807, 2.05) is 0 Å². The summed E-state index contributed by atoms with van der Waals surface area (Å²) in [7, 11) is 0. The van der Waals surface area contributed by atoms with Gasteiger partial charge in [0.15, 0.2) is 0 Å². The van der Waals surface area contributed by atoms with Crippen molar-refractivity contribution in [1.29, 1.82) is 0 Å². The van der Waals surface area contributed by atoms with Gasteiger partial charge in [0.2, 0.25) is 0 Å². The van der Waals surface area contributed by atoms with Crippen molar-refractivity contribution in [1.82, 2.24) is 0 Å². The summed E-state index contributed by atoms with van der Waals surface area (Å²) in [5.41, 5.74) is 22.9. The molecule has 0 saturated carbocycles. The Balaban J connectivity index is 2.40. The quantitative estimate of drug-likeness (QED) is 0.0208. The molecule has 0 heterocycles. The first kappa shape index (κ1) is 69.4. The van der Waals surface area contributed by atoms with Crippen molar-refractivity contribution >= 4 is 11.4 Å². The number of hydrogen-bond donors (Lipinski definition) is 0. The van der Waals surface area contributed by atoms with Crippen LogP contribution in [0.1, 0.15) is 383 Å². The van der Waals surface area contributed by atoms with E-state index in [9.17, 15) is 5.53 Å². The van der Waals surface area contributed by atoms with Crippen molar-refractivity contribution in [3.8, 4) is 0 Å². The minimum atomic E-state index is 0.810. The van der Waals surface area contributed by atoms with Gasteiger partial charge in [0.1, 0.15) is 0 Å². The van der Waals surface area contributed by atoms with Crippen LogP contribution < -0.4 is 0 Å². The largest absolute Gasteiger partial charge is 0.348 e. The normalized spacial score (nSPS) is 11.8. The fourth-order valence-electron chi connectivity index (χ4n) is 12.1. The summed E-state index contributed by atoms with van der Waals surface area (Å²) in [6.45, 7) is 13.9. The third kappa shape index (κ3) is 36.5. The summed E-state index contributed by atoms with van der Waals surface area (Å²) in [5, 5.41) is 0. The van der Waals surface area contributed by atoms with Crippen molar-refractivity contribution < 1.29 is 4.79 Å². The van der Waals surface area contributed by atoms with Crippen LogP contribution in [0.2, 0.25) is 0 Å². The minimum Gasteiger partial charge on any atom is -0.348 e. The van der Waals surface area contributed by atoms with E-state index in [0.717, 1.165) is 50.5 Å². The second kappa shape index (κ2) is 51.8. The molecule has 0 unspecified atom stereocenters. The number of aryl methyl sites for hydroxylation is 4. The molecule has 0 radical (unpaired) electrons. The van der Waals surface area contributed by atoms with Gasteiger partial charge in [-0.15, -0.1) is 4.79 Å². The van der Waals surface area contributed by atoms with Gasteiger partial charge in [-0.3, -0.25) is 0 Å². The molecule has 0 N–H and O–H groups in total. The molecule has 434 valence electrons. The predicted octanol–water partition coefficient (Wildman–Crippen LogP) is 25.3. The zero-order valence-electron chi connectivity index (χ0n) is 52.1. The average Bonchev–Trinajstić information content (AvgIpc) is 3.43. The Morgan fingerprint density at radius 3 is 0.763 bits per heavy atom. The third-order valence-electron chi connectivity index (χ3n) is 16.9. The minimum absolute atomic E-state index is 0.810. The van der Waals surface area contributed by atoms with Crippen LogP contribution in [0.5, 0.6) is 0 Å². The number of unbranched alkanes of at least 4 members (excludes halogenated alkanes) is 41. The van der Waals surface area contributed by atoms with Crippen LogP contribution >= 0.6 is 0 Å². The molecule has 0 fully saturated rings. The van der Waals surface area contributed by atoms with Gasteiger partial charge in [-0.1, -0.05) is 341 Å². The third-order valence-corrected chi connectivity index (χ3v) is 16.9. The number of allylic oxidation sites excluding steroid dienone is 2. The van der Waals surface area contributed by atoms with E-state index in [1.54, 1.807) is 0 Å². The highest BCUT2D eigenvalue weighted by Crippen LogP contribution is 2.37. The second-order valence-electron chi connectivity index (χ2n) is 24.2. The lowest BCUT2D eigenvalue weighted by molar-refractivity contribution is 0.00742. The number of rotatable bonds is 55. The van der Waals surface area contributed by atoms with E-state index in [4.69, 9.17) is 0 Å². The average molecular weight is 1050 g/mol. The van der Waals surface area contributed by atoms with Crippen LogP contribution in [0.3, 0.4) is 0 Å². The molecule has 2 rings (SSSR count). The van der Waals surface area contributed by atoms with Gasteiger partial charge in [0, 0.05) is 0 Å². The van der Waals surface area contributed by atoms with Crippen molar-refractivity contribution in [2.75, 3.05) is 0 Å². The zero-order valence-corrected chi connectivity index (χ0v) is 52.1. The van der Waals surface area contributed by atoms with Crippen molar-refractivity contribution in [2.45, 2.75) is 375 Å². The van der Waals surface area contributed by atoms with Gasteiger partial charge < -0.3 is 5.53 Å². The van der Waals surface area contributed by atoms with Gasteiger partial charge >= 0.3 is 5.87 Å². The van der Waals surface area contributed by atoms with Gasteiger partial charge in [0.25, 0.3) is 0 Å². The van der Waals surface area contributed by atoms with Gasteiger partial charge in [-0.25, -0.2) is 0 Å². The summed E-state index contributed by atoms with van der Waals surface area (Å²) in [6, 6.07) is 15.6. The number of nitrogens with zero attached hydrogens (tertiary/aromatic N) is 2. The summed E-state index contributed by atoms with van der Waals surface area (Å²) in [5.74, 6) is 3.18. The molecule has 0 amide bonds. The molecule has 0 atom stereocenters. The maximum absolute atomic E-state index is 10.2. The van der Waals surface area contributed by atoms with E-state index in [-0.39, 0.29) is 0 Å². The number of benzene rings is 2. The van der Waals surface area contributed by atoms with E-state index >= 15 is 0 Å². The zero-order chi connectivity index (χ0) is 54.6. The Hall–Kier alpha value is -2.66. The Kier molecular flexibility index (Phi) is 47.3. The molecule has 2 heteroatoms. The van der Waals surface area contributed by atoms with Crippen LogP contribution in [0.15, 0.2) is 47.5 Å². The summed E-state index contributed by atoms with van der Waals surface area (Å²) in [6.07, 6.45) is 69.4. The summed E-state index contributed by atoms with van der Waals surface area (Å²) >= 11 is 0. The Labute approximate surface area is 475 Å². The Bertz CT molecular complexity index is 1670. The highest BCUT2D eigenvalue weighted by molar-refractivity contribution is 5.87. The first-order valence-corrected chi connectivity index (χ1v) is 34.5. The summed E-state index contributed by atoms with van der Waals surface area (Å²) < 4.78 is 0. The van der Waals surface area contributed by atoms with Crippen LogP contribution in [-0.2, 0) is 25.7 Å². The fraction of sp³-hybridized carbons (Fsp3) is 0.784. The van der Waals surface area contributed by atoms with Crippen LogP contribution in [0.25, 0.3) is 11.1 Å². The van der Waals surface area contributed by atoms with E-state index in [2.05, 4.69) is 88.6 Å². The molecule has 0 aliphatic carbocycles. The lowest BCUT2D eigenvalue weighted by atomic mass is 9.83. The van der Waals surface area contributed by atoms with E-state index < -0.39 is 0 Å². The highest BCUT2D eigenvalue weighted by Gasteiger charge is 2.20. The maximum atomic E-state index is 10.2. The molecule has 76 heavy (non-hydrogen) atoms. The predicted molar refractivity (Wildman–Crippen MR) is 342 cm³/mol. The van der Waals surface area contributed by atoms with E-state index in [1.165, 1.54) is 333 Å². The molecule has 0 saturated heterocycles. The lowest BCUT2D eigenvalue weighted by Crippen LogP contribution is -2.04. The van der Waals surface area contributed by atoms with Gasteiger partial charge in [0.05, 0.1) is 5.57 Å². The fourth-order valence-corrected chi connectivity index (χ4v) is 12.1. The summed E-state index contributed by atoms with van der Waals surface area (Å²) in [4.78, 5) is 3.64. The Morgan fingerprint density at radius 1 is 0.303 bits per heavy atom. The molecule has 0 spiro atoms. The topological polar surface area (TPSA) is 36.4 Å². The van der Waals surface area contributed by atoms with Crippen molar-refractivity contribution in [3.05, 3.63) is 86.5 Å². The van der Waals surface area contributed by atoms with Gasteiger partial charge in [-0.05, 0) is 115 Å². The SMILES string of the molecule is CCCCCCCCCCCCCCCCCCc1cc(CCCCCCCCCCCCCCCCCC)cc(C(=C(CCCCCCCC)C(=C=[N+]=[N-])CC)c2cc(CCCCCC)cc(CCCCCC)c2)c1. The van der Waals surface area contributed by atoms with Crippen LogP contribution in [0.4, 0.5) is 0 Å². The molecule has 0 bridgehead atoms. The molecule has 2 aromatic carbocycles. The second-order valence-corrected chi connectivity index (χ2v) is 24.2. The van der Waals surface area contributed by atoms with Gasteiger partial charge in [-0.2, -0.15) is 0 Å². The first-order valence-electron chi connectivity index (χ1n) is 34.5. The molecular formula is C74H128N2. The lowest BCUT2D eigenvalue weighted by Gasteiger charge is -2.21.